The van der Waals surface area contributed by atoms with Crippen molar-refractivity contribution in [3.05, 3.63) is 30.1 Å². The molecule has 7 N–H and O–H groups in total. The van der Waals surface area contributed by atoms with E-state index in [0.29, 0.717) is 51.1 Å². The summed E-state index contributed by atoms with van der Waals surface area (Å²) < 4.78 is 13.3. The van der Waals surface area contributed by atoms with Crippen LogP contribution < -0.4 is 27.4 Å². The van der Waals surface area contributed by atoms with Gasteiger partial charge >= 0.3 is 0 Å². The second kappa shape index (κ2) is 23.8. The van der Waals surface area contributed by atoms with Crippen molar-refractivity contribution < 1.29 is 23.9 Å². The van der Waals surface area contributed by atoms with Crippen LogP contribution in [0.3, 0.4) is 0 Å². The highest BCUT2D eigenvalue weighted by atomic mass is 16.5. The monoisotopic (exact) mass is 736 g/mol. The molecule has 1 fully saturated rings. The molecule has 0 radical (unpaired) electrons. The SMILES string of the molecule is CCCCc1nc2c(N)nc3ccccc3c2n1CCCCNC(=O)CNC(=O)CCOCCOCCC(=O)NCC1CCCCCCCC(N)CC1. The summed E-state index contributed by atoms with van der Waals surface area (Å²) in [4.78, 5) is 46.3. The number of carbonyl (C=O) groups is 3. The Balaban J connectivity index is 1.01. The van der Waals surface area contributed by atoms with E-state index in [4.69, 9.17) is 25.9 Å². The summed E-state index contributed by atoms with van der Waals surface area (Å²) in [5.74, 6) is 1.46. The number of para-hydroxylation sites is 1. The number of pyridine rings is 1. The zero-order chi connectivity index (χ0) is 37.7. The summed E-state index contributed by atoms with van der Waals surface area (Å²) in [5.41, 5.74) is 15.2. The van der Waals surface area contributed by atoms with Crippen molar-refractivity contribution in [2.75, 3.05) is 51.8 Å². The molecule has 2 atom stereocenters. The molecule has 0 spiro atoms. The van der Waals surface area contributed by atoms with E-state index in [2.05, 4.69) is 38.5 Å². The normalized spacial score (nSPS) is 17.0. The van der Waals surface area contributed by atoms with Crippen LogP contribution in [0.1, 0.15) is 109 Å². The molecule has 1 aliphatic carbocycles. The molecule has 2 unspecified atom stereocenters. The smallest absolute Gasteiger partial charge is 0.239 e. The van der Waals surface area contributed by atoms with Crippen molar-refractivity contribution in [3.8, 4) is 0 Å². The Hall–Kier alpha value is -3.81. The van der Waals surface area contributed by atoms with E-state index in [1.165, 1.54) is 32.1 Å². The van der Waals surface area contributed by atoms with Crippen LogP contribution in [0.2, 0.25) is 0 Å². The van der Waals surface area contributed by atoms with E-state index in [1.807, 2.05) is 18.2 Å². The lowest BCUT2D eigenvalue weighted by molar-refractivity contribution is -0.126. The number of hydrogen-bond donors (Lipinski definition) is 5. The molecule has 3 amide bonds. The zero-order valence-electron chi connectivity index (χ0n) is 32.0. The van der Waals surface area contributed by atoms with Gasteiger partial charge in [0.2, 0.25) is 17.7 Å². The molecule has 13 nitrogen and oxygen atoms in total. The number of aryl methyl sites for hydroxylation is 2. The number of nitrogen functional groups attached to an aromatic ring is 1. The lowest BCUT2D eigenvalue weighted by Gasteiger charge is -2.19. The molecule has 0 saturated heterocycles. The van der Waals surface area contributed by atoms with Gasteiger partial charge in [0.05, 0.1) is 44.0 Å². The maximum atomic E-state index is 12.3. The first-order chi connectivity index (χ1) is 25.9. The molecule has 0 aliphatic heterocycles. The number of nitrogens with zero attached hydrogens (tertiary/aromatic N) is 3. The van der Waals surface area contributed by atoms with E-state index in [0.717, 1.165) is 92.1 Å². The van der Waals surface area contributed by atoms with E-state index < -0.39 is 0 Å². The van der Waals surface area contributed by atoms with Crippen LogP contribution in [0, 0.1) is 5.92 Å². The van der Waals surface area contributed by atoms with E-state index in [9.17, 15) is 14.4 Å². The third-order valence-electron chi connectivity index (χ3n) is 10.1. The van der Waals surface area contributed by atoms with Gasteiger partial charge in [-0.05, 0) is 56.9 Å². The molecule has 1 aromatic carbocycles. The van der Waals surface area contributed by atoms with Gasteiger partial charge in [0.25, 0.3) is 0 Å². The molecule has 4 rings (SSSR count). The molecular formula is C40H64N8O5. The highest BCUT2D eigenvalue weighted by molar-refractivity contribution is 6.06. The third-order valence-corrected chi connectivity index (χ3v) is 10.1. The molecule has 1 saturated carbocycles. The topological polar surface area (TPSA) is 189 Å². The number of unbranched alkanes of at least 4 members (excludes halogenated alkanes) is 2. The van der Waals surface area contributed by atoms with Gasteiger partial charge in [-0.15, -0.1) is 0 Å². The average Bonchev–Trinajstić information content (AvgIpc) is 3.51. The van der Waals surface area contributed by atoms with Gasteiger partial charge in [-0.3, -0.25) is 14.4 Å². The predicted molar refractivity (Wildman–Crippen MR) is 210 cm³/mol. The van der Waals surface area contributed by atoms with Crippen LogP contribution in [0.4, 0.5) is 5.82 Å². The molecule has 3 aromatic rings. The van der Waals surface area contributed by atoms with Crippen LogP contribution in [-0.2, 0) is 36.8 Å². The highest BCUT2D eigenvalue weighted by Gasteiger charge is 2.17. The quantitative estimate of drug-likeness (QED) is 0.0946. The van der Waals surface area contributed by atoms with Gasteiger partial charge in [0, 0.05) is 50.3 Å². The second-order valence-electron chi connectivity index (χ2n) is 14.4. The second-order valence-corrected chi connectivity index (χ2v) is 14.4. The van der Waals surface area contributed by atoms with Crippen molar-refractivity contribution in [2.45, 2.75) is 122 Å². The van der Waals surface area contributed by atoms with Gasteiger partial charge in [-0.2, -0.15) is 0 Å². The van der Waals surface area contributed by atoms with Gasteiger partial charge < -0.3 is 41.5 Å². The summed E-state index contributed by atoms with van der Waals surface area (Å²) in [6.45, 7) is 5.28. The number of rotatable bonds is 21. The number of anilines is 1. The summed E-state index contributed by atoms with van der Waals surface area (Å²) >= 11 is 0. The van der Waals surface area contributed by atoms with Crippen LogP contribution in [-0.4, -0.2) is 84.4 Å². The Bertz CT molecular complexity index is 1560. The molecule has 13 heteroatoms. The van der Waals surface area contributed by atoms with Gasteiger partial charge in [0.15, 0.2) is 5.82 Å². The van der Waals surface area contributed by atoms with Crippen LogP contribution in [0.15, 0.2) is 24.3 Å². The van der Waals surface area contributed by atoms with Gasteiger partial charge in [0.1, 0.15) is 11.3 Å². The van der Waals surface area contributed by atoms with Crippen molar-refractivity contribution >= 4 is 45.5 Å². The van der Waals surface area contributed by atoms with E-state index in [-0.39, 0.29) is 43.3 Å². The van der Waals surface area contributed by atoms with Crippen molar-refractivity contribution in [1.29, 1.82) is 0 Å². The summed E-state index contributed by atoms with van der Waals surface area (Å²) in [5, 5.41) is 9.66. The lowest BCUT2D eigenvalue weighted by atomic mass is 9.94. The van der Waals surface area contributed by atoms with Crippen molar-refractivity contribution in [1.82, 2.24) is 30.5 Å². The number of nitrogens with two attached hydrogens (primary N) is 2. The van der Waals surface area contributed by atoms with E-state index in [1.54, 1.807) is 0 Å². The van der Waals surface area contributed by atoms with Crippen molar-refractivity contribution in [3.63, 3.8) is 0 Å². The fourth-order valence-corrected chi connectivity index (χ4v) is 6.93. The fraction of sp³-hybridized carbons (Fsp3) is 0.675. The Labute approximate surface area is 315 Å². The number of aromatic nitrogens is 3. The Morgan fingerprint density at radius 3 is 2.30 bits per heavy atom. The predicted octanol–water partition coefficient (Wildman–Crippen LogP) is 4.92. The first kappa shape index (κ1) is 41.9. The maximum Gasteiger partial charge on any atom is 0.239 e. The third kappa shape index (κ3) is 14.9. The molecule has 294 valence electrons. The number of amides is 3. The summed E-state index contributed by atoms with van der Waals surface area (Å²) in [7, 11) is 0. The summed E-state index contributed by atoms with van der Waals surface area (Å²) in [6.07, 6.45) is 15.7. The van der Waals surface area contributed by atoms with E-state index >= 15 is 0 Å². The highest BCUT2D eigenvalue weighted by Crippen LogP contribution is 2.29. The standard InChI is InChI=1S/C40H64N8O5/c1-2-3-17-34-47-38-39(32-15-9-10-16-33(32)46-40(38)42)48(34)23-12-11-22-43-37(51)29-45-36(50)21-25-53-27-26-52-24-20-35(49)44-28-30-13-7-5-4-6-8-14-31(41)19-18-30/h9-10,15-16,30-31H,2-8,11-14,17-29,41H2,1H3,(H2,42,46)(H,43,51)(H,44,49)(H,45,50). The lowest BCUT2D eigenvalue weighted by Crippen LogP contribution is -2.37. The number of fused-ring (bicyclic) bond motifs is 3. The zero-order valence-corrected chi connectivity index (χ0v) is 32.0. The number of carbonyl (C=O) groups excluding carboxylic acids is 3. The minimum Gasteiger partial charge on any atom is -0.382 e. The summed E-state index contributed by atoms with van der Waals surface area (Å²) in [6, 6.07) is 8.27. The number of hydrogen-bond acceptors (Lipinski definition) is 9. The largest absolute Gasteiger partial charge is 0.382 e. The number of ether oxygens (including phenoxy) is 2. The first-order valence-electron chi connectivity index (χ1n) is 20.1. The maximum absolute atomic E-state index is 12.3. The first-order valence-corrected chi connectivity index (χ1v) is 20.1. The minimum absolute atomic E-state index is 0.00243. The fourth-order valence-electron chi connectivity index (χ4n) is 6.93. The minimum atomic E-state index is -0.252. The van der Waals surface area contributed by atoms with Gasteiger partial charge in [-0.1, -0.05) is 63.6 Å². The van der Waals surface area contributed by atoms with Gasteiger partial charge in [-0.25, -0.2) is 9.97 Å². The number of benzene rings is 1. The Morgan fingerprint density at radius 2 is 1.53 bits per heavy atom. The average molecular weight is 737 g/mol. The molecular weight excluding hydrogens is 672 g/mol. The molecule has 0 bridgehead atoms. The Kier molecular flexibility index (Phi) is 18.8. The number of imidazole rings is 1. The molecule has 53 heavy (non-hydrogen) atoms. The van der Waals surface area contributed by atoms with Crippen LogP contribution in [0.5, 0.6) is 0 Å². The van der Waals surface area contributed by atoms with Crippen LogP contribution in [0.25, 0.3) is 21.9 Å². The Morgan fingerprint density at radius 1 is 0.811 bits per heavy atom. The molecule has 2 aromatic heterocycles. The van der Waals surface area contributed by atoms with Crippen LogP contribution >= 0.6 is 0 Å². The van der Waals surface area contributed by atoms with Crippen molar-refractivity contribution in [2.24, 2.45) is 11.7 Å². The number of nitrogens with one attached hydrogen (secondary N) is 3. The molecule has 1 aliphatic rings. The molecule has 2 heterocycles.